The minimum absolute atomic E-state index is 0.100. The molecule has 1 aliphatic heterocycles. The number of ether oxygens (including phenoxy) is 1. The largest absolute Gasteiger partial charge is 0.468 e. The molecule has 0 spiro atoms. The van der Waals surface area contributed by atoms with Crippen molar-refractivity contribution in [3.8, 4) is 0 Å². The van der Waals surface area contributed by atoms with E-state index in [9.17, 15) is 22.8 Å². The van der Waals surface area contributed by atoms with E-state index >= 15 is 0 Å². The van der Waals surface area contributed by atoms with Gasteiger partial charge in [-0.15, -0.1) is 0 Å². The summed E-state index contributed by atoms with van der Waals surface area (Å²) in [5, 5.41) is 0.558. The van der Waals surface area contributed by atoms with Crippen LogP contribution in [-0.4, -0.2) is 61.1 Å². The summed E-state index contributed by atoms with van der Waals surface area (Å²) in [7, 11) is 1.32. The monoisotopic (exact) mass is 446 g/mol. The number of rotatable bonds is 4. The highest BCUT2D eigenvalue weighted by Gasteiger charge is 2.44. The van der Waals surface area contributed by atoms with Gasteiger partial charge in [-0.3, -0.25) is 9.69 Å². The van der Waals surface area contributed by atoms with Crippen LogP contribution in [0.5, 0.6) is 0 Å². The van der Waals surface area contributed by atoms with Gasteiger partial charge >= 0.3 is 12.1 Å². The Morgan fingerprint density at radius 1 is 1.10 bits per heavy atom. The molecule has 2 aliphatic rings. The molecule has 9 heteroatoms. The van der Waals surface area contributed by atoms with E-state index < -0.39 is 30.0 Å². The predicted octanol–water partition coefficient (Wildman–Crippen LogP) is 4.07. The van der Waals surface area contributed by atoms with Gasteiger partial charge in [-0.05, 0) is 37.0 Å². The van der Waals surface area contributed by atoms with E-state index in [-0.39, 0.29) is 18.7 Å². The molecule has 2 fully saturated rings. The first-order valence-electron chi connectivity index (χ1n) is 10.1. The van der Waals surface area contributed by atoms with Crippen molar-refractivity contribution in [3.63, 3.8) is 0 Å². The molecule has 166 valence electrons. The third-order valence-electron chi connectivity index (χ3n) is 6.09. The molecule has 0 radical (unpaired) electrons. The Bertz CT molecular complexity index is 749. The smallest absolute Gasteiger partial charge is 0.391 e. The fraction of sp³-hybridized carbons (Fsp3) is 0.619. The first kappa shape index (κ1) is 22.9. The zero-order valence-corrected chi connectivity index (χ0v) is 17.6. The first-order chi connectivity index (χ1) is 14.2. The standard InChI is InChI=1S/C21H26ClF3N2O3/c1-30-20(29)18(14-5-7-17(22)8-6-14)26-9-11-27(12-10-26)19(28)15-3-2-4-16(13-15)21(23,24)25/h5-8,15-16,18H,2-4,9-13H2,1H3. The number of carbonyl (C=O) groups excluding carboxylic acids is 2. The van der Waals surface area contributed by atoms with Gasteiger partial charge in [0.15, 0.2) is 0 Å². The Labute approximate surface area is 179 Å². The summed E-state index contributed by atoms with van der Waals surface area (Å²) in [6, 6.07) is 6.31. The second kappa shape index (κ2) is 9.56. The van der Waals surface area contributed by atoms with Crippen LogP contribution in [0.1, 0.15) is 37.3 Å². The van der Waals surface area contributed by atoms with Crippen LogP contribution in [0.2, 0.25) is 5.02 Å². The normalized spacial score (nSPS) is 24.4. The Morgan fingerprint density at radius 3 is 2.30 bits per heavy atom. The zero-order chi connectivity index (χ0) is 21.9. The summed E-state index contributed by atoms with van der Waals surface area (Å²) in [5.41, 5.74) is 0.742. The lowest BCUT2D eigenvalue weighted by atomic mass is 9.80. The molecule has 1 amide bonds. The molecule has 1 heterocycles. The maximum absolute atomic E-state index is 13.1. The molecule has 1 aromatic carbocycles. The number of benzene rings is 1. The van der Waals surface area contributed by atoms with Gasteiger partial charge in [0.05, 0.1) is 13.0 Å². The van der Waals surface area contributed by atoms with E-state index in [0.717, 1.165) is 5.56 Å². The number of amides is 1. The van der Waals surface area contributed by atoms with Crippen molar-refractivity contribution >= 4 is 23.5 Å². The van der Waals surface area contributed by atoms with Crippen molar-refractivity contribution < 1.29 is 27.5 Å². The first-order valence-corrected chi connectivity index (χ1v) is 10.5. The van der Waals surface area contributed by atoms with Gasteiger partial charge in [0.1, 0.15) is 6.04 Å². The van der Waals surface area contributed by atoms with Crippen LogP contribution in [0.15, 0.2) is 24.3 Å². The van der Waals surface area contributed by atoms with Crippen LogP contribution in [-0.2, 0) is 14.3 Å². The Hall–Kier alpha value is -1.80. The van der Waals surface area contributed by atoms with E-state index in [4.69, 9.17) is 16.3 Å². The van der Waals surface area contributed by atoms with E-state index in [0.29, 0.717) is 44.0 Å². The molecular formula is C21H26ClF3N2O3. The highest BCUT2D eigenvalue weighted by atomic mass is 35.5. The molecule has 0 bridgehead atoms. The van der Waals surface area contributed by atoms with Crippen molar-refractivity contribution in [1.82, 2.24) is 9.80 Å². The number of piperazine rings is 1. The number of alkyl halides is 3. The molecular weight excluding hydrogens is 421 g/mol. The van der Waals surface area contributed by atoms with E-state index in [1.54, 1.807) is 29.2 Å². The third kappa shape index (κ3) is 5.27. The molecule has 5 nitrogen and oxygen atoms in total. The van der Waals surface area contributed by atoms with Crippen LogP contribution in [0, 0.1) is 11.8 Å². The number of halogens is 4. The quantitative estimate of drug-likeness (QED) is 0.654. The maximum atomic E-state index is 13.1. The molecule has 1 aromatic rings. The number of hydrogen-bond acceptors (Lipinski definition) is 4. The summed E-state index contributed by atoms with van der Waals surface area (Å²) >= 11 is 5.94. The van der Waals surface area contributed by atoms with Gasteiger partial charge < -0.3 is 9.64 Å². The lowest BCUT2D eigenvalue weighted by Crippen LogP contribution is -2.53. The Balaban J connectivity index is 1.63. The number of methoxy groups -OCH3 is 1. The van der Waals surface area contributed by atoms with E-state index in [1.807, 2.05) is 4.90 Å². The van der Waals surface area contributed by atoms with Crippen molar-refractivity contribution in [2.24, 2.45) is 11.8 Å². The summed E-state index contributed by atoms with van der Waals surface area (Å²) in [6.07, 6.45) is -3.35. The highest BCUT2D eigenvalue weighted by Crippen LogP contribution is 2.40. The SMILES string of the molecule is COC(=O)C(c1ccc(Cl)cc1)N1CCN(C(=O)C2CCCC(C(F)(F)F)C2)CC1. The van der Waals surface area contributed by atoms with E-state index in [1.165, 1.54) is 7.11 Å². The lowest BCUT2D eigenvalue weighted by Gasteiger charge is -2.40. The highest BCUT2D eigenvalue weighted by molar-refractivity contribution is 6.30. The number of esters is 1. The molecule has 0 N–H and O–H groups in total. The molecule has 1 saturated heterocycles. The summed E-state index contributed by atoms with van der Waals surface area (Å²) in [5.74, 6) is -2.58. The van der Waals surface area contributed by atoms with Gasteiger partial charge in [0.25, 0.3) is 0 Å². The average molecular weight is 447 g/mol. The van der Waals surface area contributed by atoms with Gasteiger partial charge in [-0.1, -0.05) is 30.2 Å². The van der Waals surface area contributed by atoms with Crippen LogP contribution < -0.4 is 0 Å². The minimum atomic E-state index is -4.25. The molecule has 1 aliphatic carbocycles. The maximum Gasteiger partial charge on any atom is 0.391 e. The third-order valence-corrected chi connectivity index (χ3v) is 6.34. The molecule has 3 rings (SSSR count). The molecule has 3 unspecified atom stereocenters. The summed E-state index contributed by atoms with van der Waals surface area (Å²) < 4.78 is 44.2. The minimum Gasteiger partial charge on any atom is -0.468 e. The fourth-order valence-corrected chi connectivity index (χ4v) is 4.55. The zero-order valence-electron chi connectivity index (χ0n) is 16.8. The Kier molecular flexibility index (Phi) is 7.29. The van der Waals surface area contributed by atoms with Gasteiger partial charge in [-0.2, -0.15) is 13.2 Å². The molecule has 0 aromatic heterocycles. The predicted molar refractivity (Wildman–Crippen MR) is 106 cm³/mol. The van der Waals surface area contributed by atoms with Crippen molar-refractivity contribution in [3.05, 3.63) is 34.9 Å². The average Bonchev–Trinajstić information content (AvgIpc) is 2.74. The topological polar surface area (TPSA) is 49.9 Å². The van der Waals surface area contributed by atoms with Gasteiger partial charge in [0.2, 0.25) is 5.91 Å². The molecule has 3 atom stereocenters. The number of nitrogens with zero attached hydrogens (tertiary/aromatic N) is 2. The second-order valence-electron chi connectivity index (χ2n) is 7.94. The lowest BCUT2D eigenvalue weighted by molar-refractivity contribution is -0.187. The second-order valence-corrected chi connectivity index (χ2v) is 8.38. The molecule has 1 saturated carbocycles. The summed E-state index contributed by atoms with van der Waals surface area (Å²) in [6.45, 7) is 1.60. The number of carbonyl (C=O) groups is 2. The van der Waals surface area contributed by atoms with Crippen LogP contribution in [0.3, 0.4) is 0 Å². The van der Waals surface area contributed by atoms with Crippen molar-refractivity contribution in [2.45, 2.75) is 37.9 Å². The van der Waals surface area contributed by atoms with Gasteiger partial charge in [-0.25, -0.2) is 4.79 Å². The van der Waals surface area contributed by atoms with Crippen molar-refractivity contribution in [2.75, 3.05) is 33.3 Å². The Morgan fingerprint density at radius 2 is 1.73 bits per heavy atom. The van der Waals surface area contributed by atoms with Gasteiger partial charge in [0, 0.05) is 37.1 Å². The van der Waals surface area contributed by atoms with Crippen LogP contribution >= 0.6 is 11.6 Å². The van der Waals surface area contributed by atoms with Crippen LogP contribution in [0.25, 0.3) is 0 Å². The molecule has 30 heavy (non-hydrogen) atoms. The van der Waals surface area contributed by atoms with Crippen LogP contribution in [0.4, 0.5) is 13.2 Å². The van der Waals surface area contributed by atoms with E-state index in [2.05, 4.69) is 0 Å². The number of hydrogen-bond donors (Lipinski definition) is 0. The fourth-order valence-electron chi connectivity index (χ4n) is 4.42. The van der Waals surface area contributed by atoms with Crippen molar-refractivity contribution in [1.29, 1.82) is 0 Å². The summed E-state index contributed by atoms with van der Waals surface area (Å²) in [4.78, 5) is 28.8.